The number of hydrogen-bond acceptors (Lipinski definition) is 4. The molecule has 1 amide bonds. The van der Waals surface area contributed by atoms with Crippen molar-refractivity contribution in [2.75, 3.05) is 17.1 Å². The maximum Gasteiger partial charge on any atom is 0.262 e. The molecular formula is C20H15BrF2N2O4S. The van der Waals surface area contributed by atoms with Gasteiger partial charge in [-0.15, -0.1) is 0 Å². The Balaban J connectivity index is 1.89. The van der Waals surface area contributed by atoms with Gasteiger partial charge in [-0.1, -0.05) is 0 Å². The van der Waals surface area contributed by atoms with Crippen molar-refractivity contribution in [3.05, 3.63) is 82.3 Å². The van der Waals surface area contributed by atoms with Crippen LogP contribution in [0.25, 0.3) is 0 Å². The van der Waals surface area contributed by atoms with Crippen LogP contribution in [0.15, 0.2) is 70.0 Å². The van der Waals surface area contributed by atoms with Crippen LogP contribution in [0.2, 0.25) is 0 Å². The molecule has 0 aromatic heterocycles. The Morgan fingerprint density at radius 2 is 1.63 bits per heavy atom. The van der Waals surface area contributed by atoms with E-state index in [1.807, 2.05) is 0 Å². The number of benzene rings is 3. The van der Waals surface area contributed by atoms with Gasteiger partial charge in [0.05, 0.1) is 23.3 Å². The van der Waals surface area contributed by atoms with E-state index >= 15 is 0 Å². The second-order valence-corrected chi connectivity index (χ2v) is 8.59. The molecule has 3 rings (SSSR count). The topological polar surface area (TPSA) is 84.5 Å². The lowest BCUT2D eigenvalue weighted by atomic mass is 10.2. The Morgan fingerprint density at radius 1 is 0.967 bits per heavy atom. The first-order chi connectivity index (χ1) is 14.2. The molecule has 0 spiro atoms. The van der Waals surface area contributed by atoms with Crippen molar-refractivity contribution in [3.63, 3.8) is 0 Å². The van der Waals surface area contributed by atoms with E-state index in [1.54, 1.807) is 0 Å². The lowest BCUT2D eigenvalue weighted by Gasteiger charge is -2.14. The standard InChI is InChI=1S/C20H15BrF2N2O4S/c1-29-19-9-5-14(24-20(26)16-10-13(23)4-8-17(16)21)11-18(19)25-30(27,28)15-6-2-12(22)3-7-15/h2-11,25H,1H3,(H,24,26). The summed E-state index contributed by atoms with van der Waals surface area (Å²) in [5, 5.41) is 2.58. The highest BCUT2D eigenvalue weighted by molar-refractivity contribution is 9.10. The first-order valence-electron chi connectivity index (χ1n) is 8.42. The Labute approximate surface area is 180 Å². The molecule has 0 heterocycles. The van der Waals surface area contributed by atoms with Crippen molar-refractivity contribution >= 4 is 43.2 Å². The van der Waals surface area contributed by atoms with Crippen molar-refractivity contribution in [2.24, 2.45) is 0 Å². The number of methoxy groups -OCH3 is 1. The summed E-state index contributed by atoms with van der Waals surface area (Å²) in [5.41, 5.74) is 0.367. The molecule has 6 nitrogen and oxygen atoms in total. The summed E-state index contributed by atoms with van der Waals surface area (Å²) >= 11 is 3.19. The quantitative estimate of drug-likeness (QED) is 0.513. The first kappa shape index (κ1) is 21.7. The summed E-state index contributed by atoms with van der Waals surface area (Å²) in [7, 11) is -2.68. The Kier molecular flexibility index (Phi) is 6.37. The number of hydrogen-bond donors (Lipinski definition) is 2. The second kappa shape index (κ2) is 8.80. The molecular weight excluding hydrogens is 482 g/mol. The monoisotopic (exact) mass is 496 g/mol. The van der Waals surface area contributed by atoms with Crippen LogP contribution in [0.4, 0.5) is 20.2 Å². The minimum Gasteiger partial charge on any atom is -0.495 e. The van der Waals surface area contributed by atoms with E-state index in [1.165, 1.54) is 37.4 Å². The number of nitrogens with one attached hydrogen (secondary N) is 2. The van der Waals surface area contributed by atoms with Crippen LogP contribution < -0.4 is 14.8 Å². The maximum atomic E-state index is 13.5. The van der Waals surface area contributed by atoms with Gasteiger partial charge in [0.25, 0.3) is 15.9 Å². The van der Waals surface area contributed by atoms with Crippen molar-refractivity contribution in [1.29, 1.82) is 0 Å². The van der Waals surface area contributed by atoms with Crippen molar-refractivity contribution < 1.29 is 26.7 Å². The molecule has 0 aliphatic carbocycles. The largest absolute Gasteiger partial charge is 0.495 e. The van der Waals surface area contributed by atoms with Gasteiger partial charge in [0, 0.05) is 10.2 Å². The SMILES string of the molecule is COc1ccc(NC(=O)c2cc(F)ccc2Br)cc1NS(=O)(=O)c1ccc(F)cc1. The van der Waals surface area contributed by atoms with Gasteiger partial charge >= 0.3 is 0 Å². The van der Waals surface area contributed by atoms with Gasteiger partial charge in [-0.25, -0.2) is 17.2 Å². The summed E-state index contributed by atoms with van der Waals surface area (Å²) in [6, 6.07) is 12.3. The van der Waals surface area contributed by atoms with E-state index in [9.17, 15) is 22.0 Å². The minimum absolute atomic E-state index is 0.0536. The van der Waals surface area contributed by atoms with E-state index in [-0.39, 0.29) is 27.6 Å². The van der Waals surface area contributed by atoms with Crippen LogP contribution in [0.3, 0.4) is 0 Å². The van der Waals surface area contributed by atoms with Gasteiger partial charge in [-0.2, -0.15) is 0 Å². The fraction of sp³-hybridized carbons (Fsp3) is 0.0500. The van der Waals surface area contributed by atoms with Crippen molar-refractivity contribution in [3.8, 4) is 5.75 Å². The molecule has 0 saturated heterocycles. The smallest absolute Gasteiger partial charge is 0.262 e. The molecule has 0 saturated carbocycles. The second-order valence-electron chi connectivity index (χ2n) is 6.05. The lowest BCUT2D eigenvalue weighted by Crippen LogP contribution is -2.15. The highest BCUT2D eigenvalue weighted by Gasteiger charge is 2.18. The molecule has 2 N–H and O–H groups in total. The lowest BCUT2D eigenvalue weighted by molar-refractivity contribution is 0.102. The van der Waals surface area contributed by atoms with E-state index in [4.69, 9.17) is 4.74 Å². The fourth-order valence-corrected chi connectivity index (χ4v) is 4.04. The van der Waals surface area contributed by atoms with Crippen LogP contribution in [0.1, 0.15) is 10.4 Å². The Hall–Kier alpha value is -2.98. The molecule has 3 aromatic carbocycles. The zero-order valence-corrected chi connectivity index (χ0v) is 17.9. The number of carbonyl (C=O) groups excluding carboxylic acids is 1. The fourth-order valence-electron chi connectivity index (χ4n) is 2.55. The molecule has 0 radical (unpaired) electrons. The van der Waals surface area contributed by atoms with Gasteiger partial charge in [-0.3, -0.25) is 9.52 Å². The predicted octanol–water partition coefficient (Wildman–Crippen LogP) is 4.79. The third-order valence-corrected chi connectivity index (χ3v) is 6.07. The maximum absolute atomic E-state index is 13.5. The molecule has 0 aliphatic heterocycles. The Morgan fingerprint density at radius 3 is 2.30 bits per heavy atom. The summed E-state index contributed by atoms with van der Waals surface area (Å²) in [6.07, 6.45) is 0. The van der Waals surface area contributed by atoms with Crippen LogP contribution in [0.5, 0.6) is 5.75 Å². The number of anilines is 2. The molecule has 0 atom stereocenters. The minimum atomic E-state index is -4.04. The van der Waals surface area contributed by atoms with Gasteiger partial charge in [0.1, 0.15) is 17.4 Å². The molecule has 30 heavy (non-hydrogen) atoms. The van der Waals surface area contributed by atoms with Gasteiger partial charge in [0.15, 0.2) is 0 Å². The van der Waals surface area contributed by atoms with Crippen LogP contribution in [-0.4, -0.2) is 21.4 Å². The van der Waals surface area contributed by atoms with Gasteiger partial charge < -0.3 is 10.1 Å². The number of rotatable bonds is 6. The van der Waals surface area contributed by atoms with E-state index in [2.05, 4.69) is 26.0 Å². The molecule has 156 valence electrons. The zero-order chi connectivity index (χ0) is 21.9. The molecule has 0 unspecified atom stereocenters. The van der Waals surface area contributed by atoms with Gasteiger partial charge in [-0.05, 0) is 76.6 Å². The van der Waals surface area contributed by atoms with Crippen LogP contribution >= 0.6 is 15.9 Å². The van der Waals surface area contributed by atoms with Crippen LogP contribution in [-0.2, 0) is 10.0 Å². The zero-order valence-electron chi connectivity index (χ0n) is 15.4. The average Bonchev–Trinajstić information content (AvgIpc) is 2.70. The normalized spacial score (nSPS) is 11.1. The number of carbonyl (C=O) groups is 1. The molecule has 0 bridgehead atoms. The summed E-state index contributed by atoms with van der Waals surface area (Å²) in [4.78, 5) is 12.3. The third kappa shape index (κ3) is 4.95. The van der Waals surface area contributed by atoms with E-state index in [0.29, 0.717) is 4.47 Å². The predicted molar refractivity (Wildman–Crippen MR) is 112 cm³/mol. The van der Waals surface area contributed by atoms with E-state index in [0.717, 1.165) is 30.3 Å². The van der Waals surface area contributed by atoms with Crippen molar-refractivity contribution in [1.82, 2.24) is 0 Å². The number of sulfonamides is 1. The average molecular weight is 497 g/mol. The third-order valence-electron chi connectivity index (χ3n) is 4.00. The van der Waals surface area contributed by atoms with E-state index < -0.39 is 27.6 Å². The summed E-state index contributed by atoms with van der Waals surface area (Å²) in [6.45, 7) is 0. The highest BCUT2D eigenvalue weighted by atomic mass is 79.9. The number of halogens is 3. The number of ether oxygens (including phenoxy) is 1. The van der Waals surface area contributed by atoms with Crippen molar-refractivity contribution in [2.45, 2.75) is 4.90 Å². The summed E-state index contributed by atoms with van der Waals surface area (Å²) in [5.74, 6) is -1.55. The molecule has 0 aliphatic rings. The molecule has 3 aromatic rings. The first-order valence-corrected chi connectivity index (χ1v) is 10.7. The molecule has 10 heteroatoms. The summed E-state index contributed by atoms with van der Waals surface area (Å²) < 4.78 is 59.7. The highest BCUT2D eigenvalue weighted by Crippen LogP contribution is 2.30. The van der Waals surface area contributed by atoms with Crippen LogP contribution in [0, 0.1) is 11.6 Å². The number of amides is 1. The Bertz CT molecular complexity index is 1200. The van der Waals surface area contributed by atoms with Gasteiger partial charge in [0.2, 0.25) is 0 Å². The molecule has 0 fully saturated rings.